The molecule has 14 aromatic rings. The molecule has 0 radical (unpaired) electrons. The van der Waals surface area contributed by atoms with Crippen molar-refractivity contribution < 1.29 is 0 Å². The van der Waals surface area contributed by atoms with Gasteiger partial charge in [-0.3, -0.25) is 0 Å². The van der Waals surface area contributed by atoms with Crippen LogP contribution in [0.5, 0.6) is 0 Å². The van der Waals surface area contributed by atoms with Gasteiger partial charge in [-0.15, -0.1) is 0 Å². The highest BCUT2D eigenvalue weighted by Crippen LogP contribution is 2.52. The number of nitrogens with zero attached hydrogens (tertiary/aromatic N) is 5. The molecular weight excluding hydrogens is 874 g/mol. The lowest BCUT2D eigenvalue weighted by molar-refractivity contribution is 1.14. The van der Waals surface area contributed by atoms with E-state index in [4.69, 9.17) is 0 Å². The van der Waals surface area contributed by atoms with Gasteiger partial charge in [-0.1, -0.05) is 170 Å². The van der Waals surface area contributed by atoms with Crippen LogP contribution in [0.15, 0.2) is 255 Å². The van der Waals surface area contributed by atoms with Gasteiger partial charge in [-0.05, 0) is 101 Å². The van der Waals surface area contributed by atoms with E-state index in [0.717, 1.165) is 45.2 Å². The molecule has 11 aromatic carbocycles. The summed E-state index contributed by atoms with van der Waals surface area (Å²) in [5.41, 5.74) is 21.1. The number of anilines is 6. The van der Waals surface area contributed by atoms with Crippen molar-refractivity contribution >= 4 is 123 Å². The van der Waals surface area contributed by atoms with Crippen molar-refractivity contribution in [3.63, 3.8) is 0 Å². The molecule has 0 aliphatic carbocycles. The minimum atomic E-state index is -0.0704. The lowest BCUT2D eigenvalue weighted by Crippen LogP contribution is -2.61. The molecule has 72 heavy (non-hydrogen) atoms. The van der Waals surface area contributed by atoms with E-state index in [0.29, 0.717) is 0 Å². The summed E-state index contributed by atoms with van der Waals surface area (Å²) < 4.78 is 7.45. The number of aromatic nitrogens is 3. The first-order valence-electron chi connectivity index (χ1n) is 24.9. The zero-order valence-corrected chi connectivity index (χ0v) is 39.1. The summed E-state index contributed by atoms with van der Waals surface area (Å²) >= 11 is 0. The molecule has 2 aliphatic heterocycles. The van der Waals surface area contributed by atoms with Gasteiger partial charge in [0.25, 0.3) is 6.71 Å². The predicted molar refractivity (Wildman–Crippen MR) is 303 cm³/mol. The lowest BCUT2D eigenvalue weighted by Gasteiger charge is -2.45. The molecule has 0 atom stereocenters. The largest absolute Gasteiger partial charge is 0.309 e. The molecule has 0 saturated heterocycles. The number of para-hydroxylation sites is 12. The van der Waals surface area contributed by atoms with Gasteiger partial charge in [0, 0.05) is 55.1 Å². The molecule has 0 amide bonds. The van der Waals surface area contributed by atoms with E-state index in [2.05, 4.69) is 278 Å². The SMILES string of the molecule is c1ccc(-n2c3ccccc3c3c4c5c(cc32)N(c2ccccc2-n2c3ccccc3c3ccccc32)c2ccccc2B5c2ccccc2N4c2ccccc2-n2c3ccccc3c3ccccc32)cc1. The van der Waals surface area contributed by atoms with Gasteiger partial charge in [-0.2, -0.15) is 0 Å². The van der Waals surface area contributed by atoms with Gasteiger partial charge in [0.2, 0.25) is 0 Å². The molecule has 6 heteroatoms. The summed E-state index contributed by atoms with van der Waals surface area (Å²) in [7, 11) is 0. The van der Waals surface area contributed by atoms with Gasteiger partial charge in [0.15, 0.2) is 0 Å². The first kappa shape index (κ1) is 39.3. The maximum Gasteiger partial charge on any atom is 0.252 e. The normalized spacial score (nSPS) is 12.9. The molecule has 0 fully saturated rings. The first-order chi connectivity index (χ1) is 35.8. The molecule has 5 nitrogen and oxygen atoms in total. The minimum absolute atomic E-state index is 0.0704. The van der Waals surface area contributed by atoms with Crippen LogP contribution >= 0.6 is 0 Å². The number of hydrogen-bond acceptors (Lipinski definition) is 2. The second kappa shape index (κ2) is 15.0. The molecule has 16 rings (SSSR count). The second-order valence-corrected chi connectivity index (χ2v) is 19.2. The van der Waals surface area contributed by atoms with E-state index in [-0.39, 0.29) is 6.71 Å². The fourth-order valence-corrected chi connectivity index (χ4v) is 12.8. The number of fused-ring (bicyclic) bond motifs is 14. The van der Waals surface area contributed by atoms with Gasteiger partial charge in [-0.25, -0.2) is 0 Å². The smallest absolute Gasteiger partial charge is 0.252 e. The van der Waals surface area contributed by atoms with Gasteiger partial charge in [0.05, 0.1) is 61.5 Å². The lowest BCUT2D eigenvalue weighted by atomic mass is 9.33. The third-order valence-electron chi connectivity index (χ3n) is 15.6. The molecular formula is C66H42BN5. The Morgan fingerprint density at radius 2 is 0.611 bits per heavy atom. The first-order valence-corrected chi connectivity index (χ1v) is 24.9. The molecule has 0 bridgehead atoms. The van der Waals surface area contributed by atoms with Crippen molar-refractivity contribution in [2.45, 2.75) is 0 Å². The van der Waals surface area contributed by atoms with Crippen LogP contribution in [-0.2, 0) is 0 Å². The fraction of sp³-hybridized carbons (Fsp3) is 0. The maximum absolute atomic E-state index is 2.62. The van der Waals surface area contributed by atoms with Crippen LogP contribution < -0.4 is 26.2 Å². The van der Waals surface area contributed by atoms with Crippen LogP contribution in [0.4, 0.5) is 34.1 Å². The van der Waals surface area contributed by atoms with E-state index >= 15 is 0 Å². The molecule has 3 aromatic heterocycles. The Morgan fingerprint density at radius 1 is 0.250 bits per heavy atom. The molecule has 334 valence electrons. The van der Waals surface area contributed by atoms with Crippen LogP contribution in [0.2, 0.25) is 0 Å². The summed E-state index contributed by atoms with van der Waals surface area (Å²) in [6.45, 7) is -0.0704. The summed E-state index contributed by atoms with van der Waals surface area (Å²) in [6, 6.07) is 94.2. The summed E-state index contributed by atoms with van der Waals surface area (Å²) in [6.07, 6.45) is 0. The Morgan fingerprint density at radius 3 is 1.11 bits per heavy atom. The zero-order chi connectivity index (χ0) is 47.0. The van der Waals surface area contributed by atoms with Crippen molar-refractivity contribution in [2.24, 2.45) is 0 Å². The summed E-state index contributed by atoms with van der Waals surface area (Å²) in [5.74, 6) is 0. The molecule has 0 spiro atoms. The molecule has 2 aliphatic rings. The van der Waals surface area contributed by atoms with Gasteiger partial charge in [0.1, 0.15) is 0 Å². The average molecular weight is 916 g/mol. The Hall–Kier alpha value is -9.52. The van der Waals surface area contributed by atoms with Crippen molar-refractivity contribution in [2.75, 3.05) is 9.80 Å². The number of rotatable bonds is 5. The highest BCUT2D eigenvalue weighted by Gasteiger charge is 2.45. The summed E-state index contributed by atoms with van der Waals surface area (Å²) in [5, 5.41) is 7.38. The maximum atomic E-state index is 2.62. The Labute approximate surface area is 416 Å². The van der Waals surface area contributed by atoms with Gasteiger partial charge < -0.3 is 23.5 Å². The summed E-state index contributed by atoms with van der Waals surface area (Å²) in [4.78, 5) is 5.21. The standard InChI is InChI=1S/C66H42BN5/c1-2-22-43(23-3-1)68-55-35-15-8-28-48(55)64-62(68)42-63-65-66(64)72(61-41-21-20-40-60(61)70-53-33-13-6-26-46(53)47-27-7-14-34-54(47)70)57-37-17-10-30-50(57)67(65)49-29-9-16-36-56(49)71(63)59-39-19-18-38-58(59)69-51-31-11-4-24-44(51)45-25-5-12-32-52(45)69/h1-42H. The highest BCUT2D eigenvalue weighted by atomic mass is 15.2. The number of hydrogen-bond donors (Lipinski definition) is 0. The fourth-order valence-electron chi connectivity index (χ4n) is 12.8. The molecule has 0 N–H and O–H groups in total. The van der Waals surface area contributed by atoms with E-state index in [1.165, 1.54) is 87.8 Å². The molecule has 5 heterocycles. The van der Waals surface area contributed by atoms with Crippen molar-refractivity contribution in [1.29, 1.82) is 0 Å². The van der Waals surface area contributed by atoms with Crippen molar-refractivity contribution in [3.8, 4) is 17.1 Å². The Bertz CT molecular complexity index is 4440. The van der Waals surface area contributed by atoms with Crippen LogP contribution in [0.25, 0.3) is 82.5 Å². The Kier molecular flexibility index (Phi) is 8.19. The predicted octanol–water partition coefficient (Wildman–Crippen LogP) is 15.1. The minimum Gasteiger partial charge on any atom is -0.309 e. The van der Waals surface area contributed by atoms with Crippen LogP contribution in [0.1, 0.15) is 0 Å². The number of benzene rings is 11. The Balaban J connectivity index is 1.08. The van der Waals surface area contributed by atoms with Crippen molar-refractivity contribution in [1.82, 2.24) is 13.7 Å². The topological polar surface area (TPSA) is 21.3 Å². The molecule has 0 saturated carbocycles. The quantitative estimate of drug-likeness (QED) is 0.160. The third-order valence-corrected chi connectivity index (χ3v) is 15.6. The zero-order valence-electron chi connectivity index (χ0n) is 39.1. The van der Waals surface area contributed by atoms with E-state index in [1.807, 2.05) is 0 Å². The van der Waals surface area contributed by atoms with E-state index in [1.54, 1.807) is 0 Å². The van der Waals surface area contributed by atoms with E-state index in [9.17, 15) is 0 Å². The van der Waals surface area contributed by atoms with Crippen LogP contribution in [0, 0.1) is 0 Å². The molecule has 0 unspecified atom stereocenters. The highest BCUT2D eigenvalue weighted by molar-refractivity contribution is 7.00. The van der Waals surface area contributed by atoms with E-state index < -0.39 is 0 Å². The second-order valence-electron chi connectivity index (χ2n) is 19.2. The van der Waals surface area contributed by atoms with Crippen LogP contribution in [-0.4, -0.2) is 20.4 Å². The monoisotopic (exact) mass is 915 g/mol. The van der Waals surface area contributed by atoms with Crippen molar-refractivity contribution in [3.05, 3.63) is 255 Å². The van der Waals surface area contributed by atoms with Gasteiger partial charge >= 0.3 is 0 Å². The average Bonchev–Trinajstić information content (AvgIpc) is 4.09. The van der Waals surface area contributed by atoms with Crippen LogP contribution in [0.3, 0.4) is 0 Å². The third kappa shape index (κ3) is 5.27.